The van der Waals surface area contributed by atoms with Crippen LogP contribution in [0.1, 0.15) is 24.2 Å². The van der Waals surface area contributed by atoms with Crippen molar-refractivity contribution in [2.24, 2.45) is 0 Å². The van der Waals surface area contributed by atoms with Gasteiger partial charge in [-0.3, -0.25) is 9.89 Å². The highest BCUT2D eigenvalue weighted by Crippen LogP contribution is 2.29. The van der Waals surface area contributed by atoms with Gasteiger partial charge in [-0.25, -0.2) is 0 Å². The number of benzene rings is 2. The molecule has 0 bridgehead atoms. The van der Waals surface area contributed by atoms with Crippen molar-refractivity contribution in [2.75, 3.05) is 24.5 Å². The molecule has 0 radical (unpaired) electrons. The second-order valence-electron chi connectivity index (χ2n) is 7.30. The monoisotopic (exact) mass is 368 g/mol. The van der Waals surface area contributed by atoms with Crippen LogP contribution in [0.4, 0.5) is 5.69 Å². The van der Waals surface area contributed by atoms with E-state index in [0.29, 0.717) is 12.1 Å². The fraction of sp³-hybridized carbons (Fsp3) is 0.300. The SMILES string of the molecule is CC1(C)CN(c2ccc(Cl)cc2)CCN1C(=O)c1cccc2[nH]ncc12. The highest BCUT2D eigenvalue weighted by atomic mass is 35.5. The maximum Gasteiger partial charge on any atom is 0.255 e. The molecule has 1 fully saturated rings. The maximum atomic E-state index is 13.3. The van der Waals surface area contributed by atoms with Crippen molar-refractivity contribution >= 4 is 34.1 Å². The summed E-state index contributed by atoms with van der Waals surface area (Å²) in [5.74, 6) is 0.0535. The van der Waals surface area contributed by atoms with E-state index in [9.17, 15) is 4.79 Å². The molecule has 1 saturated heterocycles. The molecule has 0 aliphatic carbocycles. The molecule has 0 unspecified atom stereocenters. The average Bonchev–Trinajstić information content (AvgIpc) is 3.09. The Kier molecular flexibility index (Phi) is 4.11. The van der Waals surface area contributed by atoms with Crippen LogP contribution in [0.2, 0.25) is 5.02 Å². The van der Waals surface area contributed by atoms with Gasteiger partial charge in [-0.15, -0.1) is 0 Å². The van der Waals surface area contributed by atoms with E-state index in [1.807, 2.05) is 47.4 Å². The predicted molar refractivity (Wildman–Crippen MR) is 105 cm³/mol. The third kappa shape index (κ3) is 2.92. The third-order valence-corrected chi connectivity index (χ3v) is 5.31. The van der Waals surface area contributed by atoms with Crippen LogP contribution in [0.3, 0.4) is 0 Å². The average molecular weight is 369 g/mol. The van der Waals surface area contributed by atoms with Gasteiger partial charge in [0.1, 0.15) is 0 Å². The topological polar surface area (TPSA) is 52.2 Å². The summed E-state index contributed by atoms with van der Waals surface area (Å²) in [6, 6.07) is 13.6. The van der Waals surface area contributed by atoms with Crippen LogP contribution in [0.5, 0.6) is 0 Å². The summed E-state index contributed by atoms with van der Waals surface area (Å²) in [6.45, 7) is 6.45. The zero-order valence-corrected chi connectivity index (χ0v) is 15.6. The first-order valence-corrected chi connectivity index (χ1v) is 9.08. The van der Waals surface area contributed by atoms with E-state index in [2.05, 4.69) is 28.9 Å². The Balaban J connectivity index is 1.59. The largest absolute Gasteiger partial charge is 0.367 e. The molecule has 0 saturated carbocycles. The number of H-pyrrole nitrogens is 1. The molecule has 1 aliphatic heterocycles. The van der Waals surface area contributed by atoms with Crippen LogP contribution >= 0.6 is 11.6 Å². The molecule has 5 nitrogen and oxygen atoms in total. The van der Waals surface area contributed by atoms with Crippen molar-refractivity contribution in [2.45, 2.75) is 19.4 Å². The second-order valence-corrected chi connectivity index (χ2v) is 7.74. The molecule has 26 heavy (non-hydrogen) atoms. The van der Waals surface area contributed by atoms with Crippen molar-refractivity contribution in [3.8, 4) is 0 Å². The Hall–Kier alpha value is -2.53. The third-order valence-electron chi connectivity index (χ3n) is 5.05. The molecule has 2 heterocycles. The van der Waals surface area contributed by atoms with Crippen molar-refractivity contribution in [1.82, 2.24) is 15.1 Å². The number of hydrogen-bond acceptors (Lipinski definition) is 3. The Bertz CT molecular complexity index is 948. The molecule has 0 atom stereocenters. The Morgan fingerprint density at radius 1 is 1.15 bits per heavy atom. The number of aromatic nitrogens is 2. The van der Waals surface area contributed by atoms with Gasteiger partial charge in [-0.2, -0.15) is 5.10 Å². The minimum Gasteiger partial charge on any atom is -0.367 e. The molecule has 6 heteroatoms. The van der Waals surface area contributed by atoms with E-state index >= 15 is 0 Å². The molecule has 1 amide bonds. The zero-order chi connectivity index (χ0) is 18.3. The first kappa shape index (κ1) is 16.9. The van der Waals surface area contributed by atoms with Crippen LogP contribution in [-0.4, -0.2) is 46.2 Å². The summed E-state index contributed by atoms with van der Waals surface area (Å²) in [5, 5.41) is 8.60. The number of anilines is 1. The number of halogens is 1. The summed E-state index contributed by atoms with van der Waals surface area (Å²) >= 11 is 6.00. The van der Waals surface area contributed by atoms with Crippen LogP contribution in [0.25, 0.3) is 10.9 Å². The number of fused-ring (bicyclic) bond motifs is 1. The Morgan fingerprint density at radius 2 is 1.92 bits per heavy atom. The standard InChI is InChI=1S/C20H21ClN4O/c1-20(2)13-24(15-8-6-14(21)7-9-15)10-11-25(20)19(26)16-4-3-5-18-17(16)12-22-23-18/h3-9,12H,10-11,13H2,1-2H3,(H,22,23). The van der Waals surface area contributed by atoms with E-state index in [1.165, 1.54) is 0 Å². The fourth-order valence-corrected chi connectivity index (χ4v) is 3.83. The van der Waals surface area contributed by atoms with Gasteiger partial charge in [0, 0.05) is 35.7 Å². The number of carbonyl (C=O) groups excluding carboxylic acids is 1. The van der Waals surface area contributed by atoms with Gasteiger partial charge < -0.3 is 9.80 Å². The summed E-state index contributed by atoms with van der Waals surface area (Å²) in [6.07, 6.45) is 1.72. The van der Waals surface area contributed by atoms with Gasteiger partial charge >= 0.3 is 0 Å². The quantitative estimate of drug-likeness (QED) is 0.745. The first-order chi connectivity index (χ1) is 12.5. The van der Waals surface area contributed by atoms with Crippen molar-refractivity contribution in [3.63, 3.8) is 0 Å². The van der Waals surface area contributed by atoms with E-state index in [1.54, 1.807) is 6.20 Å². The second kappa shape index (κ2) is 6.32. The molecule has 1 aromatic heterocycles. The lowest BCUT2D eigenvalue weighted by molar-refractivity contribution is 0.0516. The molecule has 4 rings (SSSR count). The summed E-state index contributed by atoms with van der Waals surface area (Å²) in [4.78, 5) is 17.5. The van der Waals surface area contributed by atoms with Crippen LogP contribution in [-0.2, 0) is 0 Å². The van der Waals surface area contributed by atoms with Crippen LogP contribution < -0.4 is 4.90 Å². The molecule has 1 N–H and O–H groups in total. The normalized spacial score (nSPS) is 16.9. The Morgan fingerprint density at radius 3 is 2.65 bits per heavy atom. The van der Waals surface area contributed by atoms with Gasteiger partial charge in [0.15, 0.2) is 0 Å². The highest BCUT2D eigenvalue weighted by Gasteiger charge is 2.37. The Labute approximate surface area is 157 Å². The predicted octanol–water partition coefficient (Wildman–Crippen LogP) is 3.96. The lowest BCUT2D eigenvalue weighted by atomic mass is 9.96. The fourth-order valence-electron chi connectivity index (χ4n) is 3.70. The van der Waals surface area contributed by atoms with Gasteiger partial charge in [0.05, 0.1) is 22.8 Å². The summed E-state index contributed by atoms with van der Waals surface area (Å²) in [5.41, 5.74) is 2.42. The van der Waals surface area contributed by atoms with Crippen molar-refractivity contribution in [1.29, 1.82) is 0 Å². The van der Waals surface area contributed by atoms with Crippen molar-refractivity contribution < 1.29 is 4.79 Å². The zero-order valence-electron chi connectivity index (χ0n) is 14.9. The number of amides is 1. The molecular weight excluding hydrogens is 348 g/mol. The molecule has 2 aromatic carbocycles. The number of carbonyl (C=O) groups is 1. The summed E-state index contributed by atoms with van der Waals surface area (Å²) in [7, 11) is 0. The van der Waals surface area contributed by atoms with E-state index in [4.69, 9.17) is 11.6 Å². The minimum absolute atomic E-state index is 0.0535. The number of rotatable bonds is 2. The summed E-state index contributed by atoms with van der Waals surface area (Å²) < 4.78 is 0. The minimum atomic E-state index is -0.291. The van der Waals surface area contributed by atoms with Crippen LogP contribution in [0, 0.1) is 0 Å². The maximum absolute atomic E-state index is 13.3. The van der Waals surface area contributed by atoms with Gasteiger partial charge in [-0.05, 0) is 50.2 Å². The van der Waals surface area contributed by atoms with E-state index in [-0.39, 0.29) is 11.4 Å². The number of aromatic amines is 1. The molecule has 0 spiro atoms. The lowest BCUT2D eigenvalue weighted by Crippen LogP contribution is -2.61. The first-order valence-electron chi connectivity index (χ1n) is 8.70. The molecular formula is C20H21ClN4O. The van der Waals surface area contributed by atoms with Gasteiger partial charge in [0.2, 0.25) is 0 Å². The smallest absolute Gasteiger partial charge is 0.255 e. The lowest BCUT2D eigenvalue weighted by Gasteiger charge is -2.48. The highest BCUT2D eigenvalue weighted by molar-refractivity contribution is 6.30. The van der Waals surface area contributed by atoms with E-state index < -0.39 is 0 Å². The molecule has 3 aromatic rings. The van der Waals surface area contributed by atoms with E-state index in [0.717, 1.165) is 34.7 Å². The molecule has 134 valence electrons. The van der Waals surface area contributed by atoms with Crippen molar-refractivity contribution in [3.05, 3.63) is 59.2 Å². The molecule has 1 aliphatic rings. The van der Waals surface area contributed by atoms with Gasteiger partial charge in [0.25, 0.3) is 5.91 Å². The number of nitrogens with zero attached hydrogens (tertiary/aromatic N) is 3. The number of nitrogens with one attached hydrogen (secondary N) is 1. The van der Waals surface area contributed by atoms with Gasteiger partial charge in [-0.1, -0.05) is 17.7 Å². The number of hydrogen-bond donors (Lipinski definition) is 1. The number of piperazine rings is 1. The van der Waals surface area contributed by atoms with Crippen LogP contribution in [0.15, 0.2) is 48.7 Å².